The molecule has 0 bridgehead atoms. The van der Waals surface area contributed by atoms with Gasteiger partial charge in [-0.25, -0.2) is 0 Å². The van der Waals surface area contributed by atoms with Crippen LogP contribution in [0.5, 0.6) is 5.75 Å². The van der Waals surface area contributed by atoms with Gasteiger partial charge >= 0.3 is 5.97 Å². The predicted molar refractivity (Wildman–Crippen MR) is 120 cm³/mol. The lowest BCUT2D eigenvalue weighted by molar-refractivity contribution is -0.131. The lowest BCUT2D eigenvalue weighted by atomic mass is 10.1. The van der Waals surface area contributed by atoms with Crippen LogP contribution < -0.4 is 4.74 Å². The van der Waals surface area contributed by atoms with E-state index in [-0.39, 0.29) is 11.7 Å². The smallest absolute Gasteiger partial charge is 0.321 e. The number of hydrogen-bond acceptors (Lipinski definition) is 6. The van der Waals surface area contributed by atoms with Crippen LogP contribution in [0.2, 0.25) is 0 Å². The van der Waals surface area contributed by atoms with E-state index in [0.29, 0.717) is 29.0 Å². The molecule has 4 aromatic rings. The highest BCUT2D eigenvalue weighted by Gasteiger charge is 2.19. The summed E-state index contributed by atoms with van der Waals surface area (Å²) >= 11 is 1.30. The molecule has 0 fully saturated rings. The van der Waals surface area contributed by atoms with Crippen LogP contribution in [0.15, 0.2) is 70.4 Å². The Morgan fingerprint density at radius 1 is 1.00 bits per heavy atom. The molecule has 6 nitrogen and oxygen atoms in total. The Balaban J connectivity index is 1.53. The Kier molecular flexibility index (Phi) is 6.23. The van der Waals surface area contributed by atoms with Crippen molar-refractivity contribution < 1.29 is 13.9 Å². The monoisotopic (exact) mass is 433 g/mol. The van der Waals surface area contributed by atoms with Gasteiger partial charge < -0.3 is 9.15 Å². The summed E-state index contributed by atoms with van der Waals surface area (Å²) in [6.45, 7) is 6.47. The fraction of sp³-hybridized carbons (Fsp3) is 0.208. The van der Waals surface area contributed by atoms with Crippen molar-refractivity contribution in [1.82, 2.24) is 14.8 Å². The fourth-order valence-corrected chi connectivity index (χ4v) is 3.95. The van der Waals surface area contributed by atoms with E-state index in [2.05, 4.69) is 10.2 Å². The van der Waals surface area contributed by atoms with E-state index in [9.17, 15) is 4.79 Å². The number of hydrogen-bond donors (Lipinski definition) is 0. The molecule has 4 rings (SSSR count). The maximum absolute atomic E-state index is 12.6. The van der Waals surface area contributed by atoms with Crippen molar-refractivity contribution in [2.24, 2.45) is 0 Å². The van der Waals surface area contributed by atoms with Gasteiger partial charge in [0.15, 0.2) is 10.9 Å². The SMILES string of the molecule is Cc1ccc(C)c(OC(=O)CSc2nnc(-c3ccco3)n2Cc2ccccc2)c1C. The Hall–Kier alpha value is -3.32. The summed E-state index contributed by atoms with van der Waals surface area (Å²) in [4.78, 5) is 12.6. The van der Waals surface area contributed by atoms with E-state index in [1.807, 2.05) is 79.9 Å². The number of benzene rings is 2. The molecule has 0 unspecified atom stereocenters. The molecule has 0 radical (unpaired) electrons. The third kappa shape index (κ3) is 4.72. The van der Waals surface area contributed by atoms with Gasteiger partial charge in [-0.1, -0.05) is 54.2 Å². The number of furan rings is 1. The molecule has 0 aliphatic heterocycles. The molecule has 0 spiro atoms. The van der Waals surface area contributed by atoms with Gasteiger partial charge in [-0.3, -0.25) is 9.36 Å². The van der Waals surface area contributed by atoms with E-state index in [1.165, 1.54) is 11.8 Å². The Bertz CT molecular complexity index is 1180. The average Bonchev–Trinajstić information content (AvgIpc) is 3.43. The largest absolute Gasteiger partial charge is 0.461 e. The van der Waals surface area contributed by atoms with Crippen molar-refractivity contribution in [2.75, 3.05) is 5.75 Å². The summed E-state index contributed by atoms with van der Waals surface area (Å²) in [5.74, 6) is 1.68. The number of rotatable bonds is 7. The number of thioether (sulfide) groups is 1. The number of carbonyl (C=O) groups is 1. The molecule has 0 saturated carbocycles. The Morgan fingerprint density at radius 3 is 2.52 bits per heavy atom. The first-order valence-electron chi connectivity index (χ1n) is 9.94. The number of esters is 1. The van der Waals surface area contributed by atoms with Crippen molar-refractivity contribution in [3.05, 3.63) is 83.1 Å². The second-order valence-electron chi connectivity index (χ2n) is 7.27. The molecule has 31 heavy (non-hydrogen) atoms. The van der Waals surface area contributed by atoms with Gasteiger partial charge in [-0.05, 0) is 55.2 Å². The van der Waals surface area contributed by atoms with Crippen molar-refractivity contribution in [1.29, 1.82) is 0 Å². The molecule has 2 aromatic heterocycles. The normalized spacial score (nSPS) is 10.9. The molecule has 0 saturated heterocycles. The van der Waals surface area contributed by atoms with Crippen LogP contribution in [0.3, 0.4) is 0 Å². The van der Waals surface area contributed by atoms with Gasteiger partial charge in [-0.15, -0.1) is 10.2 Å². The minimum atomic E-state index is -0.324. The van der Waals surface area contributed by atoms with Crippen molar-refractivity contribution >= 4 is 17.7 Å². The first-order valence-corrected chi connectivity index (χ1v) is 10.9. The number of aryl methyl sites for hydroxylation is 2. The van der Waals surface area contributed by atoms with Crippen LogP contribution in [0.25, 0.3) is 11.6 Å². The molecule has 0 N–H and O–H groups in total. The van der Waals surface area contributed by atoms with E-state index in [4.69, 9.17) is 9.15 Å². The maximum atomic E-state index is 12.6. The second kappa shape index (κ2) is 9.22. The highest BCUT2D eigenvalue weighted by Crippen LogP contribution is 2.28. The molecule has 0 aliphatic carbocycles. The third-order valence-corrected chi connectivity index (χ3v) is 5.99. The zero-order valence-electron chi connectivity index (χ0n) is 17.7. The maximum Gasteiger partial charge on any atom is 0.321 e. The van der Waals surface area contributed by atoms with Crippen LogP contribution in [0.4, 0.5) is 0 Å². The third-order valence-electron chi connectivity index (χ3n) is 5.05. The van der Waals surface area contributed by atoms with Crippen molar-refractivity contribution in [3.8, 4) is 17.3 Å². The van der Waals surface area contributed by atoms with E-state index < -0.39 is 0 Å². The van der Waals surface area contributed by atoms with Gasteiger partial charge in [0.05, 0.1) is 18.6 Å². The Morgan fingerprint density at radius 2 is 1.77 bits per heavy atom. The van der Waals surface area contributed by atoms with Gasteiger partial charge in [0.25, 0.3) is 0 Å². The van der Waals surface area contributed by atoms with Gasteiger partial charge in [0.1, 0.15) is 5.75 Å². The van der Waals surface area contributed by atoms with Crippen LogP contribution in [-0.4, -0.2) is 26.5 Å². The summed E-state index contributed by atoms with van der Waals surface area (Å²) in [6.07, 6.45) is 1.60. The van der Waals surface area contributed by atoms with Crippen LogP contribution in [0.1, 0.15) is 22.3 Å². The minimum Gasteiger partial charge on any atom is -0.461 e. The van der Waals surface area contributed by atoms with Crippen molar-refractivity contribution in [3.63, 3.8) is 0 Å². The summed E-state index contributed by atoms with van der Waals surface area (Å²) in [6, 6.07) is 17.7. The molecule has 2 aromatic carbocycles. The van der Waals surface area contributed by atoms with Crippen LogP contribution in [-0.2, 0) is 11.3 Å². The molecule has 158 valence electrons. The summed E-state index contributed by atoms with van der Waals surface area (Å²) in [5.41, 5.74) is 4.11. The number of carbonyl (C=O) groups excluding carboxylic acids is 1. The van der Waals surface area contributed by atoms with Gasteiger partial charge in [-0.2, -0.15) is 0 Å². The molecular weight excluding hydrogens is 410 g/mol. The lowest BCUT2D eigenvalue weighted by Crippen LogP contribution is -2.13. The molecule has 0 aliphatic rings. The van der Waals surface area contributed by atoms with Crippen LogP contribution >= 0.6 is 11.8 Å². The highest BCUT2D eigenvalue weighted by atomic mass is 32.2. The Labute approximate surface area is 185 Å². The zero-order valence-corrected chi connectivity index (χ0v) is 18.5. The standard InChI is InChI=1S/C24H23N3O3S/c1-16-11-12-17(2)22(18(16)3)30-21(28)15-31-24-26-25-23(20-10-7-13-29-20)27(24)14-19-8-5-4-6-9-19/h4-13H,14-15H2,1-3H3. The first-order chi connectivity index (χ1) is 15.0. The van der Waals surface area contributed by atoms with Gasteiger partial charge in [0.2, 0.25) is 5.82 Å². The summed E-state index contributed by atoms with van der Waals surface area (Å²) in [7, 11) is 0. The number of aromatic nitrogens is 3. The van der Waals surface area contributed by atoms with Crippen molar-refractivity contribution in [2.45, 2.75) is 32.5 Å². The average molecular weight is 434 g/mol. The van der Waals surface area contributed by atoms with E-state index in [0.717, 1.165) is 22.3 Å². The second-order valence-corrected chi connectivity index (χ2v) is 8.21. The van der Waals surface area contributed by atoms with Crippen LogP contribution in [0, 0.1) is 20.8 Å². The van der Waals surface area contributed by atoms with E-state index >= 15 is 0 Å². The van der Waals surface area contributed by atoms with E-state index in [1.54, 1.807) is 6.26 Å². The molecule has 2 heterocycles. The lowest BCUT2D eigenvalue weighted by Gasteiger charge is -2.12. The summed E-state index contributed by atoms with van der Waals surface area (Å²) < 4.78 is 13.2. The summed E-state index contributed by atoms with van der Waals surface area (Å²) in [5, 5.41) is 9.24. The fourth-order valence-electron chi connectivity index (χ4n) is 3.24. The highest BCUT2D eigenvalue weighted by molar-refractivity contribution is 7.99. The predicted octanol–water partition coefficient (Wildman–Crippen LogP) is 5.21. The first kappa shape index (κ1) is 20.9. The molecular formula is C24H23N3O3S. The minimum absolute atomic E-state index is 0.123. The molecule has 0 atom stereocenters. The molecule has 7 heteroatoms. The number of nitrogens with zero attached hydrogens (tertiary/aromatic N) is 3. The van der Waals surface area contributed by atoms with Gasteiger partial charge in [0, 0.05) is 0 Å². The number of ether oxygens (including phenoxy) is 1. The molecule has 0 amide bonds. The quantitative estimate of drug-likeness (QED) is 0.226. The topological polar surface area (TPSA) is 70.2 Å². The zero-order chi connectivity index (χ0) is 21.8.